The molecule has 13 heteroatoms. The van der Waals surface area contributed by atoms with Crippen LogP contribution in [-0.4, -0.2) is 40.7 Å². The fourth-order valence-corrected chi connectivity index (χ4v) is 7.05. The number of pyridine rings is 1. The van der Waals surface area contributed by atoms with E-state index in [0.717, 1.165) is 18.5 Å². The van der Waals surface area contributed by atoms with Gasteiger partial charge in [0.1, 0.15) is 11.2 Å². The first-order valence-electron chi connectivity index (χ1n) is 8.71. The SMILES string of the molecule is CS(=O)(=O)N1CCS[C@@H]1c1nc(-c2c(Cl)cccc2Cl)n2cc(C(F)(F)F)cc(Cl)c12. The molecule has 0 radical (unpaired) electrons. The normalized spacial score (nSPS) is 18.2. The molecule has 1 atom stereocenters. The lowest BCUT2D eigenvalue weighted by atomic mass is 10.2. The molecule has 3 aromatic rings. The fourth-order valence-electron chi connectivity index (χ4n) is 3.42. The van der Waals surface area contributed by atoms with Crippen LogP contribution in [0.1, 0.15) is 16.6 Å². The average Bonchev–Trinajstić information content (AvgIpc) is 3.26. The average molecular weight is 531 g/mol. The number of fused-ring (bicyclic) bond motifs is 1. The Morgan fingerprint density at radius 2 is 1.81 bits per heavy atom. The topological polar surface area (TPSA) is 54.7 Å². The fraction of sp³-hybridized carbons (Fsp3) is 0.278. The van der Waals surface area contributed by atoms with E-state index in [-0.39, 0.29) is 44.2 Å². The van der Waals surface area contributed by atoms with Gasteiger partial charge in [0, 0.05) is 18.5 Å². The second-order valence-electron chi connectivity index (χ2n) is 6.81. The van der Waals surface area contributed by atoms with Crippen molar-refractivity contribution in [2.75, 3.05) is 18.6 Å². The van der Waals surface area contributed by atoms with Crippen molar-refractivity contribution in [2.24, 2.45) is 0 Å². The van der Waals surface area contributed by atoms with Crippen LogP contribution in [0.2, 0.25) is 15.1 Å². The van der Waals surface area contributed by atoms with Crippen molar-refractivity contribution < 1.29 is 21.6 Å². The highest BCUT2D eigenvalue weighted by atomic mass is 35.5. The lowest BCUT2D eigenvalue weighted by molar-refractivity contribution is -0.137. The second-order valence-corrected chi connectivity index (χ2v) is 11.2. The largest absolute Gasteiger partial charge is 0.417 e. The Morgan fingerprint density at radius 3 is 2.39 bits per heavy atom. The molecule has 3 heterocycles. The number of hydrogen-bond donors (Lipinski definition) is 0. The summed E-state index contributed by atoms with van der Waals surface area (Å²) in [4.78, 5) is 4.53. The van der Waals surface area contributed by atoms with Crippen LogP contribution in [0.25, 0.3) is 16.9 Å². The van der Waals surface area contributed by atoms with Crippen LogP contribution in [-0.2, 0) is 16.2 Å². The molecule has 1 saturated heterocycles. The summed E-state index contributed by atoms with van der Waals surface area (Å²) in [6, 6.07) is 5.46. The Labute approximate surface area is 195 Å². The molecule has 0 saturated carbocycles. The van der Waals surface area contributed by atoms with Crippen LogP contribution in [0.3, 0.4) is 0 Å². The molecule has 5 nitrogen and oxygen atoms in total. The summed E-state index contributed by atoms with van der Waals surface area (Å²) in [5.41, 5.74) is -0.389. The third-order valence-corrected chi connectivity index (χ3v) is 8.25. The van der Waals surface area contributed by atoms with Crippen molar-refractivity contribution in [3.8, 4) is 11.4 Å². The quantitative estimate of drug-likeness (QED) is 0.418. The maximum Gasteiger partial charge on any atom is 0.417 e. The molecule has 31 heavy (non-hydrogen) atoms. The first kappa shape index (κ1) is 23.0. The van der Waals surface area contributed by atoms with Crippen LogP contribution in [0.5, 0.6) is 0 Å². The molecule has 0 bridgehead atoms. The highest BCUT2D eigenvalue weighted by Gasteiger charge is 2.39. The van der Waals surface area contributed by atoms with Gasteiger partial charge in [-0.25, -0.2) is 13.4 Å². The van der Waals surface area contributed by atoms with Gasteiger partial charge in [-0.3, -0.25) is 4.40 Å². The van der Waals surface area contributed by atoms with Crippen molar-refractivity contribution >= 4 is 62.1 Å². The van der Waals surface area contributed by atoms with Gasteiger partial charge < -0.3 is 0 Å². The molecule has 1 aliphatic rings. The maximum absolute atomic E-state index is 13.5. The summed E-state index contributed by atoms with van der Waals surface area (Å²) in [6.45, 7) is 0.244. The smallest absolute Gasteiger partial charge is 0.297 e. The zero-order valence-corrected chi connectivity index (χ0v) is 19.5. The molecule has 0 aliphatic carbocycles. The lowest BCUT2D eigenvalue weighted by Crippen LogP contribution is -2.29. The summed E-state index contributed by atoms with van der Waals surface area (Å²) in [7, 11) is -3.60. The van der Waals surface area contributed by atoms with Gasteiger partial charge in [-0.1, -0.05) is 40.9 Å². The van der Waals surface area contributed by atoms with E-state index in [1.54, 1.807) is 6.07 Å². The van der Waals surface area contributed by atoms with Gasteiger partial charge in [0.25, 0.3) is 0 Å². The summed E-state index contributed by atoms with van der Waals surface area (Å²) < 4.78 is 67.4. The lowest BCUT2D eigenvalue weighted by Gasteiger charge is -2.20. The number of nitrogens with zero attached hydrogens (tertiary/aromatic N) is 3. The van der Waals surface area contributed by atoms with E-state index in [2.05, 4.69) is 4.98 Å². The third-order valence-electron chi connectivity index (χ3n) is 4.74. The van der Waals surface area contributed by atoms with E-state index in [1.807, 2.05) is 0 Å². The first-order valence-corrected chi connectivity index (χ1v) is 12.7. The van der Waals surface area contributed by atoms with E-state index in [0.29, 0.717) is 5.75 Å². The molecule has 2 aromatic heterocycles. The number of rotatable bonds is 3. The van der Waals surface area contributed by atoms with Crippen LogP contribution in [0, 0.1) is 0 Å². The zero-order chi connectivity index (χ0) is 22.7. The second kappa shape index (κ2) is 8.00. The highest BCUT2D eigenvalue weighted by Crippen LogP contribution is 2.45. The molecule has 0 amide bonds. The first-order chi connectivity index (χ1) is 14.4. The number of aromatic nitrogens is 2. The highest BCUT2D eigenvalue weighted by molar-refractivity contribution is 8.00. The molecule has 1 aliphatic heterocycles. The van der Waals surface area contributed by atoms with Crippen molar-refractivity contribution in [3.63, 3.8) is 0 Å². The standard InChI is InChI=1S/C18H13Cl3F3N3O2S2/c1-31(28,29)27-5-6-30-17(27)14-15-12(21)7-9(18(22,23)24)8-26(15)16(25-14)13-10(19)3-2-4-11(13)20/h2-4,7-8,17H,5-6H2,1H3/t17-/m1/s1. The van der Waals surface area contributed by atoms with Crippen molar-refractivity contribution in [3.05, 3.63) is 56.8 Å². The Bertz CT molecular complexity index is 1280. The van der Waals surface area contributed by atoms with Crippen molar-refractivity contribution in [1.29, 1.82) is 0 Å². The summed E-state index contributed by atoms with van der Waals surface area (Å²) in [5.74, 6) is 0.534. The number of sulfonamides is 1. The monoisotopic (exact) mass is 529 g/mol. The van der Waals surface area contributed by atoms with Crippen molar-refractivity contribution in [1.82, 2.24) is 13.7 Å². The van der Waals surface area contributed by atoms with Gasteiger partial charge >= 0.3 is 6.18 Å². The maximum atomic E-state index is 13.5. The van der Waals surface area contributed by atoms with E-state index in [4.69, 9.17) is 34.8 Å². The Hall–Kier alpha value is -1.17. The van der Waals surface area contributed by atoms with Gasteiger partial charge in [0.15, 0.2) is 0 Å². The van der Waals surface area contributed by atoms with E-state index in [9.17, 15) is 21.6 Å². The Morgan fingerprint density at radius 1 is 1.16 bits per heavy atom. The van der Waals surface area contributed by atoms with E-state index < -0.39 is 27.1 Å². The Balaban J connectivity index is 2.08. The number of benzene rings is 1. The van der Waals surface area contributed by atoms with E-state index >= 15 is 0 Å². The summed E-state index contributed by atoms with van der Waals surface area (Å²) in [5, 5.41) is -0.612. The van der Waals surface area contributed by atoms with Gasteiger partial charge in [0.05, 0.1) is 43.7 Å². The van der Waals surface area contributed by atoms with Crippen molar-refractivity contribution in [2.45, 2.75) is 11.6 Å². The predicted molar refractivity (Wildman–Crippen MR) is 117 cm³/mol. The van der Waals surface area contributed by atoms with Gasteiger partial charge in [-0.2, -0.15) is 17.5 Å². The molecule has 0 unspecified atom stereocenters. The van der Waals surface area contributed by atoms with Gasteiger partial charge in [-0.05, 0) is 18.2 Å². The van der Waals surface area contributed by atoms with Gasteiger partial charge in [0.2, 0.25) is 10.0 Å². The Kier molecular flexibility index (Phi) is 5.94. The minimum atomic E-state index is -4.66. The number of hydrogen-bond acceptors (Lipinski definition) is 4. The van der Waals surface area contributed by atoms with Crippen LogP contribution in [0.15, 0.2) is 30.5 Å². The summed E-state index contributed by atoms with van der Waals surface area (Å²) in [6.07, 6.45) is -2.73. The molecule has 1 aromatic carbocycles. The molecule has 1 fully saturated rings. The number of imidazole rings is 1. The van der Waals surface area contributed by atoms with Crippen LogP contribution < -0.4 is 0 Å². The molecule has 0 spiro atoms. The summed E-state index contributed by atoms with van der Waals surface area (Å²) >= 11 is 20.2. The number of alkyl halides is 3. The molecular formula is C18H13Cl3F3N3O2S2. The molecule has 4 rings (SSSR count). The van der Waals surface area contributed by atoms with E-state index in [1.165, 1.54) is 32.6 Å². The number of thioether (sulfide) groups is 1. The molecular weight excluding hydrogens is 518 g/mol. The van der Waals surface area contributed by atoms with Crippen LogP contribution >= 0.6 is 46.6 Å². The van der Waals surface area contributed by atoms with Gasteiger partial charge in [-0.15, -0.1) is 11.8 Å². The minimum Gasteiger partial charge on any atom is -0.297 e. The number of halogens is 6. The van der Waals surface area contributed by atoms with Crippen LogP contribution in [0.4, 0.5) is 13.2 Å². The predicted octanol–water partition coefficient (Wildman–Crippen LogP) is 5.99. The zero-order valence-electron chi connectivity index (χ0n) is 15.6. The third kappa shape index (κ3) is 4.14. The molecule has 166 valence electrons. The minimum absolute atomic E-state index is 0.0366. The molecule has 0 N–H and O–H groups in total.